The van der Waals surface area contributed by atoms with Crippen molar-refractivity contribution in [2.45, 2.75) is 0 Å². The Morgan fingerprint density at radius 2 is 1.87 bits per heavy atom. The van der Waals surface area contributed by atoms with Crippen LogP contribution in [0.1, 0.15) is 0 Å². The van der Waals surface area contributed by atoms with Crippen LogP contribution in [0.2, 0.25) is 5.15 Å². The average Bonchev–Trinajstić information content (AvgIpc) is 2.23. The zero-order valence-corrected chi connectivity index (χ0v) is 9.96. The first-order valence-electron chi connectivity index (χ1n) is 4.22. The summed E-state index contributed by atoms with van der Waals surface area (Å²) in [6.45, 7) is 0. The fourth-order valence-corrected chi connectivity index (χ4v) is 1.95. The molecule has 0 fully saturated rings. The molecule has 0 aliphatic heterocycles. The first kappa shape index (κ1) is 10.4. The Morgan fingerprint density at radius 1 is 1.13 bits per heavy atom. The van der Waals surface area contributed by atoms with Crippen molar-refractivity contribution in [3.05, 3.63) is 40.0 Å². The second kappa shape index (κ2) is 4.16. The second-order valence-electron chi connectivity index (χ2n) is 2.95. The van der Waals surface area contributed by atoms with E-state index in [1.165, 1.54) is 0 Å². The summed E-state index contributed by atoms with van der Waals surface area (Å²) in [5, 5.41) is 7.78. The van der Waals surface area contributed by atoms with Crippen LogP contribution in [-0.2, 0) is 0 Å². The van der Waals surface area contributed by atoms with Crippen molar-refractivity contribution >= 4 is 33.3 Å². The van der Waals surface area contributed by atoms with Crippen LogP contribution in [0, 0.1) is 0 Å². The van der Waals surface area contributed by atoms with Crippen molar-refractivity contribution in [1.29, 1.82) is 0 Å². The minimum atomic E-state index is 0.344. The quantitative estimate of drug-likeness (QED) is 0.875. The van der Waals surface area contributed by atoms with Crippen molar-refractivity contribution in [2.24, 2.45) is 0 Å². The van der Waals surface area contributed by atoms with Gasteiger partial charge in [0.15, 0.2) is 5.15 Å². The highest BCUT2D eigenvalue weighted by atomic mass is 79.9. The zero-order chi connectivity index (χ0) is 10.8. The average molecular weight is 285 g/mol. The molecule has 2 aromatic rings. The van der Waals surface area contributed by atoms with Gasteiger partial charge in [-0.3, -0.25) is 0 Å². The van der Waals surface area contributed by atoms with Crippen molar-refractivity contribution in [1.82, 2.24) is 10.2 Å². The number of nitrogen functional groups attached to an aromatic ring is 1. The summed E-state index contributed by atoms with van der Waals surface area (Å²) in [7, 11) is 0. The smallest absolute Gasteiger partial charge is 0.159 e. The Labute approximate surface area is 100 Å². The van der Waals surface area contributed by atoms with Gasteiger partial charge in [0.1, 0.15) is 5.82 Å². The SMILES string of the molecule is Nc1cc(-c2ccccc2Br)c(Cl)nn1. The van der Waals surface area contributed by atoms with Crippen LogP contribution in [0.5, 0.6) is 0 Å². The van der Waals surface area contributed by atoms with Crippen LogP contribution in [0.3, 0.4) is 0 Å². The van der Waals surface area contributed by atoms with Gasteiger partial charge in [0.2, 0.25) is 0 Å². The van der Waals surface area contributed by atoms with Crippen LogP contribution in [0.4, 0.5) is 5.82 Å². The summed E-state index contributed by atoms with van der Waals surface area (Å²) >= 11 is 9.40. The monoisotopic (exact) mass is 283 g/mol. The molecule has 0 amide bonds. The van der Waals surface area contributed by atoms with E-state index in [1.54, 1.807) is 6.07 Å². The summed E-state index contributed by atoms with van der Waals surface area (Å²) in [4.78, 5) is 0. The van der Waals surface area contributed by atoms with Gasteiger partial charge in [-0.05, 0) is 17.7 Å². The van der Waals surface area contributed by atoms with Crippen LogP contribution in [0.15, 0.2) is 34.8 Å². The lowest BCUT2D eigenvalue weighted by molar-refractivity contribution is 1.04. The van der Waals surface area contributed by atoms with E-state index in [4.69, 9.17) is 17.3 Å². The summed E-state index contributed by atoms with van der Waals surface area (Å²) in [5.41, 5.74) is 7.29. The van der Waals surface area contributed by atoms with Gasteiger partial charge in [-0.25, -0.2) is 0 Å². The largest absolute Gasteiger partial charge is 0.382 e. The van der Waals surface area contributed by atoms with E-state index in [0.29, 0.717) is 11.0 Å². The van der Waals surface area contributed by atoms with Crippen LogP contribution in [-0.4, -0.2) is 10.2 Å². The second-order valence-corrected chi connectivity index (χ2v) is 4.17. The first-order chi connectivity index (χ1) is 7.18. The highest BCUT2D eigenvalue weighted by molar-refractivity contribution is 9.10. The number of nitrogens with zero attached hydrogens (tertiary/aromatic N) is 2. The molecule has 76 valence electrons. The van der Waals surface area contributed by atoms with Crippen LogP contribution in [0.25, 0.3) is 11.1 Å². The van der Waals surface area contributed by atoms with Crippen molar-refractivity contribution < 1.29 is 0 Å². The third-order valence-corrected chi connectivity index (χ3v) is 2.90. The number of anilines is 1. The maximum Gasteiger partial charge on any atom is 0.159 e. The van der Waals surface area contributed by atoms with Gasteiger partial charge in [0.25, 0.3) is 0 Å². The summed E-state index contributed by atoms with van der Waals surface area (Å²) in [5.74, 6) is 0.352. The molecule has 0 atom stereocenters. The lowest BCUT2D eigenvalue weighted by Crippen LogP contribution is -1.95. The third kappa shape index (κ3) is 2.11. The molecule has 0 saturated heterocycles. The van der Waals surface area contributed by atoms with Crippen molar-refractivity contribution in [3.63, 3.8) is 0 Å². The zero-order valence-electron chi connectivity index (χ0n) is 7.61. The normalized spacial score (nSPS) is 10.3. The standard InChI is InChI=1S/C10H7BrClN3/c11-8-4-2-1-3-6(8)7-5-9(13)14-15-10(7)12/h1-5H,(H2,13,14). The number of halogens is 2. The topological polar surface area (TPSA) is 51.8 Å². The molecule has 2 rings (SSSR count). The maximum absolute atomic E-state index is 5.95. The lowest BCUT2D eigenvalue weighted by atomic mass is 10.1. The molecule has 0 spiro atoms. The number of hydrogen-bond donors (Lipinski definition) is 1. The van der Waals surface area contributed by atoms with E-state index in [1.807, 2.05) is 24.3 Å². The minimum Gasteiger partial charge on any atom is -0.382 e. The molecule has 2 N–H and O–H groups in total. The van der Waals surface area contributed by atoms with E-state index in [0.717, 1.165) is 15.6 Å². The van der Waals surface area contributed by atoms with Gasteiger partial charge in [-0.2, -0.15) is 0 Å². The third-order valence-electron chi connectivity index (χ3n) is 1.93. The molecule has 0 aliphatic rings. The maximum atomic E-state index is 5.95. The van der Waals surface area contributed by atoms with Gasteiger partial charge in [-0.1, -0.05) is 45.7 Å². The number of aromatic nitrogens is 2. The molecular weight excluding hydrogens is 277 g/mol. The Morgan fingerprint density at radius 3 is 2.60 bits per heavy atom. The summed E-state index contributed by atoms with van der Waals surface area (Å²) in [6.07, 6.45) is 0. The highest BCUT2D eigenvalue weighted by Gasteiger charge is 2.08. The molecule has 0 aliphatic carbocycles. The number of rotatable bonds is 1. The Bertz CT molecular complexity index is 502. The molecule has 1 aromatic heterocycles. The molecule has 0 radical (unpaired) electrons. The molecule has 0 unspecified atom stereocenters. The molecular formula is C10H7BrClN3. The van der Waals surface area contributed by atoms with E-state index in [-0.39, 0.29) is 0 Å². The van der Waals surface area contributed by atoms with Crippen molar-refractivity contribution in [3.8, 4) is 11.1 Å². The molecule has 3 nitrogen and oxygen atoms in total. The fourth-order valence-electron chi connectivity index (χ4n) is 1.26. The Kier molecular flexibility index (Phi) is 2.88. The van der Waals surface area contributed by atoms with E-state index < -0.39 is 0 Å². The predicted molar refractivity (Wildman–Crippen MR) is 64.6 cm³/mol. The molecule has 5 heteroatoms. The van der Waals surface area contributed by atoms with Gasteiger partial charge in [-0.15, -0.1) is 10.2 Å². The highest BCUT2D eigenvalue weighted by Crippen LogP contribution is 2.32. The number of nitrogens with two attached hydrogens (primary N) is 1. The lowest BCUT2D eigenvalue weighted by Gasteiger charge is -2.05. The predicted octanol–water partition coefficient (Wildman–Crippen LogP) is 3.14. The van der Waals surface area contributed by atoms with Gasteiger partial charge >= 0.3 is 0 Å². The summed E-state index contributed by atoms with van der Waals surface area (Å²) in [6, 6.07) is 9.43. The van der Waals surface area contributed by atoms with Crippen molar-refractivity contribution in [2.75, 3.05) is 5.73 Å². The first-order valence-corrected chi connectivity index (χ1v) is 5.39. The van der Waals surface area contributed by atoms with Crippen LogP contribution < -0.4 is 5.73 Å². The number of benzene rings is 1. The Hall–Kier alpha value is -1.13. The molecule has 0 bridgehead atoms. The molecule has 0 saturated carbocycles. The Balaban J connectivity index is 2.64. The van der Waals surface area contributed by atoms with Gasteiger partial charge in [0.05, 0.1) is 0 Å². The summed E-state index contributed by atoms with van der Waals surface area (Å²) < 4.78 is 0.944. The van der Waals surface area contributed by atoms with Gasteiger partial charge < -0.3 is 5.73 Å². The van der Waals surface area contributed by atoms with Gasteiger partial charge in [0, 0.05) is 10.0 Å². The minimum absolute atomic E-state index is 0.344. The fraction of sp³-hybridized carbons (Fsp3) is 0. The number of hydrogen-bond acceptors (Lipinski definition) is 3. The van der Waals surface area contributed by atoms with E-state index in [9.17, 15) is 0 Å². The molecule has 15 heavy (non-hydrogen) atoms. The van der Waals surface area contributed by atoms with Crippen LogP contribution >= 0.6 is 27.5 Å². The van der Waals surface area contributed by atoms with E-state index in [2.05, 4.69) is 26.1 Å². The molecule has 1 aromatic carbocycles. The van der Waals surface area contributed by atoms with E-state index >= 15 is 0 Å². The molecule has 1 heterocycles.